The Morgan fingerprint density at radius 3 is 1.29 bits per heavy atom. The molecule has 6 nitrogen and oxygen atoms in total. The van der Waals surface area contributed by atoms with Crippen LogP contribution in [0.4, 0.5) is 0 Å². The van der Waals surface area contributed by atoms with Gasteiger partial charge in [0.1, 0.15) is 0 Å². The molecule has 0 fully saturated rings. The van der Waals surface area contributed by atoms with Gasteiger partial charge < -0.3 is 10.5 Å². The molecule has 0 heterocycles. The number of hydrogen-bond donors (Lipinski definition) is 0. The minimum atomic E-state index is 0. The molecule has 38 valence electrons. The molecule has 0 aromatic rings. The minimum Gasteiger partial charge on any atom is -0.689 e. The average molecular weight is 120 g/mol. The van der Waals surface area contributed by atoms with Crippen molar-refractivity contribution in [2.24, 2.45) is 0 Å². The van der Waals surface area contributed by atoms with Crippen LogP contribution < -0.4 is 10.5 Å². The molecular formula is MgO6. The van der Waals surface area contributed by atoms with Gasteiger partial charge in [0.25, 0.3) is 0 Å². The first kappa shape index (κ1) is 10.5. The fourth-order valence-corrected chi connectivity index (χ4v) is 0.0227. The standard InChI is InChI=1S/Mg.H2O6/c;1-3-5-6-4-2/h;1-2H/q+2;/p-2. The van der Waals surface area contributed by atoms with Crippen LogP contribution >= 0.6 is 0 Å². The average Bonchev–Trinajstić information content (AvgIpc) is 1.61. The molecule has 0 saturated heterocycles. The van der Waals surface area contributed by atoms with Gasteiger partial charge in [-0.2, -0.15) is 0 Å². The zero-order valence-electron chi connectivity index (χ0n) is 3.16. The minimum absolute atomic E-state index is 0. The van der Waals surface area contributed by atoms with E-state index in [0.29, 0.717) is 0 Å². The van der Waals surface area contributed by atoms with Gasteiger partial charge >= 0.3 is 23.1 Å². The van der Waals surface area contributed by atoms with Gasteiger partial charge in [-0.25, -0.2) is 0 Å². The van der Waals surface area contributed by atoms with Crippen LogP contribution in [0.2, 0.25) is 0 Å². The third-order valence-electron chi connectivity index (χ3n) is 0.0833. The van der Waals surface area contributed by atoms with Crippen LogP contribution in [0, 0.1) is 0 Å². The van der Waals surface area contributed by atoms with Crippen molar-refractivity contribution in [3.8, 4) is 0 Å². The Balaban J connectivity index is 0. The monoisotopic (exact) mass is 120 g/mol. The zero-order valence-corrected chi connectivity index (χ0v) is 4.57. The van der Waals surface area contributed by atoms with Crippen LogP contribution in [0.15, 0.2) is 0 Å². The fourth-order valence-electron chi connectivity index (χ4n) is 0.0227. The largest absolute Gasteiger partial charge is 2.00 e. The molecule has 0 spiro atoms. The summed E-state index contributed by atoms with van der Waals surface area (Å²) >= 11 is 0. The first-order chi connectivity index (χ1) is 2.91. The van der Waals surface area contributed by atoms with E-state index in [-0.39, 0.29) is 23.1 Å². The van der Waals surface area contributed by atoms with E-state index >= 15 is 0 Å². The third kappa shape index (κ3) is 10.8. The van der Waals surface area contributed by atoms with E-state index in [1.165, 1.54) is 0 Å². The van der Waals surface area contributed by atoms with Gasteiger partial charge in [0.15, 0.2) is 0 Å². The number of hydrogen-bond acceptors (Lipinski definition) is 6. The van der Waals surface area contributed by atoms with E-state index in [2.05, 4.69) is 20.2 Å². The van der Waals surface area contributed by atoms with E-state index in [1.54, 1.807) is 0 Å². The maximum absolute atomic E-state index is 8.62. The molecule has 0 rings (SSSR count). The molecule has 0 N–H and O–H groups in total. The second-order valence-corrected chi connectivity index (χ2v) is 0.272. The molecule has 0 atom stereocenters. The van der Waals surface area contributed by atoms with Gasteiger partial charge in [-0.05, 0) is 10.1 Å². The van der Waals surface area contributed by atoms with Crippen molar-refractivity contribution in [3.05, 3.63) is 0 Å². The van der Waals surface area contributed by atoms with E-state index in [4.69, 9.17) is 10.5 Å². The summed E-state index contributed by atoms with van der Waals surface area (Å²) in [5.41, 5.74) is 0. The molecule has 0 saturated carbocycles. The van der Waals surface area contributed by atoms with Crippen LogP contribution in [0.25, 0.3) is 0 Å². The Kier molecular flexibility index (Phi) is 14.6. The maximum Gasteiger partial charge on any atom is 2.00 e. The van der Waals surface area contributed by atoms with Crippen molar-refractivity contribution in [1.29, 1.82) is 0 Å². The van der Waals surface area contributed by atoms with Crippen molar-refractivity contribution >= 4 is 23.1 Å². The molecule has 0 aliphatic heterocycles. The molecule has 0 bridgehead atoms. The Hall–Kier alpha value is 0.526. The molecule has 0 amide bonds. The van der Waals surface area contributed by atoms with Gasteiger partial charge in [0, 0.05) is 0 Å². The molecule has 0 aliphatic rings. The van der Waals surface area contributed by atoms with Crippen molar-refractivity contribution < 1.29 is 30.7 Å². The molecular weight excluding hydrogens is 120 g/mol. The van der Waals surface area contributed by atoms with Gasteiger partial charge in [-0.15, -0.1) is 0 Å². The molecule has 0 aromatic heterocycles. The van der Waals surface area contributed by atoms with Gasteiger partial charge in [-0.1, -0.05) is 0 Å². The summed E-state index contributed by atoms with van der Waals surface area (Å²) in [5.74, 6) is 0. The van der Waals surface area contributed by atoms with Gasteiger partial charge in [0.05, 0.1) is 0 Å². The quantitative estimate of drug-likeness (QED) is 0.170. The van der Waals surface area contributed by atoms with Crippen LogP contribution in [0.1, 0.15) is 0 Å². The summed E-state index contributed by atoms with van der Waals surface area (Å²) in [6, 6.07) is 0. The molecule has 0 unspecified atom stereocenters. The Labute approximate surface area is 54.3 Å². The predicted octanol–water partition coefficient (Wildman–Crippen LogP) is -3.03. The molecule has 0 aliphatic carbocycles. The van der Waals surface area contributed by atoms with Crippen molar-refractivity contribution in [2.75, 3.05) is 0 Å². The first-order valence-corrected chi connectivity index (χ1v) is 0.833. The summed E-state index contributed by atoms with van der Waals surface area (Å²) in [5, 5.41) is 28.0. The molecule has 0 aromatic carbocycles. The maximum atomic E-state index is 8.62. The van der Waals surface area contributed by atoms with Crippen LogP contribution in [-0.4, -0.2) is 23.1 Å². The fraction of sp³-hybridized carbons (Fsp3) is 0. The SMILES string of the molecule is [Mg+2].[O-]OOOO[O-]. The second kappa shape index (κ2) is 9.73. The summed E-state index contributed by atoms with van der Waals surface area (Å²) in [6.07, 6.45) is 0. The van der Waals surface area contributed by atoms with Gasteiger partial charge in [-0.3, -0.25) is 10.1 Å². The van der Waals surface area contributed by atoms with Crippen LogP contribution in [0.3, 0.4) is 0 Å². The second-order valence-electron chi connectivity index (χ2n) is 0.272. The van der Waals surface area contributed by atoms with Crippen LogP contribution in [0.5, 0.6) is 0 Å². The first-order valence-electron chi connectivity index (χ1n) is 0.833. The van der Waals surface area contributed by atoms with E-state index in [9.17, 15) is 0 Å². The van der Waals surface area contributed by atoms with Crippen molar-refractivity contribution in [3.63, 3.8) is 0 Å². The molecule has 7 heteroatoms. The summed E-state index contributed by atoms with van der Waals surface area (Å²) in [4.78, 5) is 0. The smallest absolute Gasteiger partial charge is 0.689 e. The van der Waals surface area contributed by atoms with Crippen molar-refractivity contribution in [1.82, 2.24) is 0 Å². The zero-order chi connectivity index (χ0) is 4.83. The normalized spacial score (nSPS) is 7.71. The number of rotatable bonds is 3. The third-order valence-corrected chi connectivity index (χ3v) is 0.0833. The van der Waals surface area contributed by atoms with E-state index < -0.39 is 0 Å². The Bertz CT molecular complexity index is 16.1. The Morgan fingerprint density at radius 1 is 0.857 bits per heavy atom. The summed E-state index contributed by atoms with van der Waals surface area (Å²) in [7, 11) is 0. The summed E-state index contributed by atoms with van der Waals surface area (Å²) in [6.45, 7) is 0. The van der Waals surface area contributed by atoms with E-state index in [1.807, 2.05) is 0 Å². The van der Waals surface area contributed by atoms with Crippen LogP contribution in [-0.2, 0) is 20.2 Å². The van der Waals surface area contributed by atoms with E-state index in [0.717, 1.165) is 0 Å². The Morgan fingerprint density at radius 2 is 1.14 bits per heavy atom. The van der Waals surface area contributed by atoms with Crippen molar-refractivity contribution in [2.45, 2.75) is 0 Å². The van der Waals surface area contributed by atoms with Gasteiger partial charge in [0.2, 0.25) is 0 Å². The molecule has 0 radical (unpaired) electrons. The molecule has 7 heavy (non-hydrogen) atoms. The predicted molar refractivity (Wildman–Crippen MR) is 10.1 cm³/mol. The summed E-state index contributed by atoms with van der Waals surface area (Å²) < 4.78 is 0. The topological polar surface area (TPSA) is 83.0 Å².